The van der Waals surface area contributed by atoms with Crippen molar-refractivity contribution in [3.05, 3.63) is 88.9 Å². The van der Waals surface area contributed by atoms with Crippen LogP contribution in [0.15, 0.2) is 71.3 Å². The van der Waals surface area contributed by atoms with Gasteiger partial charge in [-0.15, -0.1) is 5.10 Å². The summed E-state index contributed by atoms with van der Waals surface area (Å²) in [6.45, 7) is 0.334. The molecule has 10 nitrogen and oxygen atoms in total. The van der Waals surface area contributed by atoms with Crippen LogP contribution in [0.25, 0.3) is 0 Å². The summed E-state index contributed by atoms with van der Waals surface area (Å²) >= 11 is 6.00. The van der Waals surface area contributed by atoms with Crippen molar-refractivity contribution in [3.8, 4) is 5.88 Å². The van der Waals surface area contributed by atoms with E-state index >= 15 is 0 Å². The molecule has 206 valence electrons. The van der Waals surface area contributed by atoms with Gasteiger partial charge in [0.05, 0.1) is 11.9 Å². The summed E-state index contributed by atoms with van der Waals surface area (Å²) in [5, 5.41) is 23.0. The number of nitrogens with one attached hydrogen (secondary N) is 2. The highest BCUT2D eigenvalue weighted by Crippen LogP contribution is 2.37. The van der Waals surface area contributed by atoms with E-state index < -0.39 is 11.9 Å². The Morgan fingerprint density at radius 2 is 1.77 bits per heavy atom. The van der Waals surface area contributed by atoms with Crippen molar-refractivity contribution < 1.29 is 23.8 Å². The second kappa shape index (κ2) is 12.6. The molecule has 40 heavy (non-hydrogen) atoms. The molecule has 11 heteroatoms. The smallest absolute Gasteiger partial charge is 0.320 e. The van der Waals surface area contributed by atoms with Crippen molar-refractivity contribution in [3.63, 3.8) is 0 Å². The molecule has 0 atom stereocenters. The van der Waals surface area contributed by atoms with Gasteiger partial charge in [0.25, 0.3) is 0 Å². The summed E-state index contributed by atoms with van der Waals surface area (Å²) in [6, 6.07) is 18.6. The first-order valence-electron chi connectivity index (χ1n) is 13.0. The summed E-state index contributed by atoms with van der Waals surface area (Å²) in [6.07, 6.45) is 5.57. The Balaban J connectivity index is 1.10. The Morgan fingerprint density at radius 1 is 1.00 bits per heavy atom. The lowest BCUT2D eigenvalue weighted by Gasteiger charge is -2.28. The highest BCUT2D eigenvalue weighted by Gasteiger charge is 2.24. The van der Waals surface area contributed by atoms with E-state index in [0.717, 1.165) is 31.2 Å². The molecular formula is C29H28ClN5O5. The topological polar surface area (TPSA) is 139 Å². The van der Waals surface area contributed by atoms with E-state index in [9.17, 15) is 9.59 Å². The number of carboxylic acids is 1. The molecule has 0 unspecified atom stereocenters. The van der Waals surface area contributed by atoms with Crippen molar-refractivity contribution in [2.45, 2.75) is 44.6 Å². The van der Waals surface area contributed by atoms with Crippen LogP contribution >= 0.6 is 11.6 Å². The fourth-order valence-corrected chi connectivity index (χ4v) is 5.00. The van der Waals surface area contributed by atoms with E-state index in [-0.39, 0.29) is 24.2 Å². The van der Waals surface area contributed by atoms with Crippen LogP contribution < -0.4 is 15.4 Å². The number of carbonyl (C=O) groups excluding carboxylic acids is 1. The van der Waals surface area contributed by atoms with E-state index in [4.69, 9.17) is 25.9 Å². The lowest BCUT2D eigenvalue weighted by atomic mass is 9.77. The molecule has 1 fully saturated rings. The number of nitrogens with zero attached hydrogens (tertiary/aromatic N) is 3. The molecule has 1 aliphatic carbocycles. The van der Waals surface area contributed by atoms with Crippen LogP contribution in [0.4, 0.5) is 17.4 Å². The molecule has 2 aromatic carbocycles. The molecule has 2 aromatic heterocycles. The number of halogens is 1. The lowest BCUT2D eigenvalue weighted by Crippen LogP contribution is -2.16. The summed E-state index contributed by atoms with van der Waals surface area (Å²) in [5.74, 6) is -0.333. The molecule has 5 rings (SSSR count). The first-order valence-corrected chi connectivity index (χ1v) is 13.4. The summed E-state index contributed by atoms with van der Waals surface area (Å²) in [4.78, 5) is 27.8. The summed E-state index contributed by atoms with van der Waals surface area (Å²) in [5.41, 5.74) is 3.31. The van der Waals surface area contributed by atoms with Crippen LogP contribution in [0, 0.1) is 5.92 Å². The van der Waals surface area contributed by atoms with Gasteiger partial charge in [0.1, 0.15) is 6.61 Å². The number of pyridine rings is 1. The third kappa shape index (κ3) is 7.35. The molecule has 1 saturated carbocycles. The Hall–Kier alpha value is -4.44. The molecule has 3 N–H and O–H groups in total. The lowest BCUT2D eigenvalue weighted by molar-refractivity contribution is -0.138. The molecule has 4 aromatic rings. The van der Waals surface area contributed by atoms with Gasteiger partial charge in [-0.2, -0.15) is 0 Å². The normalized spacial score (nSPS) is 16.7. The minimum atomic E-state index is -0.727. The van der Waals surface area contributed by atoms with Gasteiger partial charge >= 0.3 is 23.8 Å². The largest absolute Gasteiger partial charge is 0.481 e. The number of aromatic nitrogens is 3. The Kier molecular flexibility index (Phi) is 8.56. The van der Waals surface area contributed by atoms with E-state index in [0.29, 0.717) is 34.8 Å². The first-order chi connectivity index (χ1) is 19.4. The molecule has 0 spiro atoms. The van der Waals surface area contributed by atoms with Gasteiger partial charge in [-0.3, -0.25) is 9.59 Å². The van der Waals surface area contributed by atoms with Crippen molar-refractivity contribution in [1.82, 2.24) is 15.2 Å². The first kappa shape index (κ1) is 27.1. The Morgan fingerprint density at radius 3 is 2.48 bits per heavy atom. The number of benzene rings is 2. The van der Waals surface area contributed by atoms with E-state index in [1.807, 2.05) is 42.5 Å². The minimum absolute atomic E-state index is 0.0494. The monoisotopic (exact) mass is 561 g/mol. The second-order valence-corrected chi connectivity index (χ2v) is 10.2. The SMILES string of the molecule is O=C(O)CC1CCC(c2ccc(NC(=O)c3nnc(Nc4ccc(OCc5cccc(Cl)c5)nc4)o3)cc2)CC1. The van der Waals surface area contributed by atoms with Crippen molar-refractivity contribution in [2.24, 2.45) is 5.92 Å². The summed E-state index contributed by atoms with van der Waals surface area (Å²) in [7, 11) is 0. The molecule has 1 aliphatic rings. The average molecular weight is 562 g/mol. The zero-order valence-corrected chi connectivity index (χ0v) is 22.3. The van der Waals surface area contributed by atoms with Crippen molar-refractivity contribution in [1.29, 1.82) is 0 Å². The van der Waals surface area contributed by atoms with Gasteiger partial charge in [-0.25, -0.2) is 4.98 Å². The van der Waals surface area contributed by atoms with Gasteiger partial charge in [0.15, 0.2) is 0 Å². The van der Waals surface area contributed by atoms with Gasteiger partial charge < -0.3 is 24.9 Å². The van der Waals surface area contributed by atoms with Gasteiger partial charge in [0.2, 0.25) is 5.88 Å². The van der Waals surface area contributed by atoms with Crippen molar-refractivity contribution >= 4 is 40.9 Å². The molecular weight excluding hydrogens is 534 g/mol. The highest BCUT2D eigenvalue weighted by atomic mass is 35.5. The highest BCUT2D eigenvalue weighted by molar-refractivity contribution is 6.30. The van der Waals surface area contributed by atoms with Gasteiger partial charge in [-0.05, 0) is 79.0 Å². The zero-order chi connectivity index (χ0) is 27.9. The predicted molar refractivity (Wildman–Crippen MR) is 149 cm³/mol. The van der Waals surface area contributed by atoms with Crippen LogP contribution in [-0.4, -0.2) is 32.2 Å². The third-order valence-corrected chi connectivity index (χ3v) is 7.07. The molecule has 0 saturated heterocycles. The number of carbonyl (C=O) groups is 2. The third-order valence-electron chi connectivity index (χ3n) is 6.83. The van der Waals surface area contributed by atoms with E-state index in [1.165, 1.54) is 5.56 Å². The number of aliphatic carboxylic acids is 1. The van der Waals surface area contributed by atoms with Gasteiger partial charge in [0, 0.05) is 23.2 Å². The number of amides is 1. The minimum Gasteiger partial charge on any atom is -0.481 e. The maximum Gasteiger partial charge on any atom is 0.320 e. The molecule has 2 heterocycles. The van der Waals surface area contributed by atoms with Crippen LogP contribution in [0.1, 0.15) is 59.8 Å². The summed E-state index contributed by atoms with van der Waals surface area (Å²) < 4.78 is 11.1. The van der Waals surface area contributed by atoms with Crippen LogP contribution in [0.3, 0.4) is 0 Å². The average Bonchev–Trinajstić information content (AvgIpc) is 3.42. The number of anilines is 3. The number of carboxylic acid groups (broad SMARTS) is 1. The van der Waals surface area contributed by atoms with E-state index in [1.54, 1.807) is 24.4 Å². The predicted octanol–water partition coefficient (Wildman–Crippen LogP) is 6.44. The Labute approximate surface area is 235 Å². The number of rotatable bonds is 10. The maximum atomic E-state index is 12.6. The molecule has 0 bridgehead atoms. The standard InChI is InChI=1S/C29H28ClN5O5/c30-22-3-1-2-19(14-22)17-39-25-13-12-24(16-31-25)33-29-35-34-28(40-29)27(38)32-23-10-8-21(9-11-23)20-6-4-18(5-7-20)15-26(36)37/h1-3,8-14,16,18,20H,4-7,15,17H2,(H,32,38)(H,33,35)(H,36,37). The van der Waals surface area contributed by atoms with Crippen LogP contribution in [0.5, 0.6) is 5.88 Å². The maximum absolute atomic E-state index is 12.6. The van der Waals surface area contributed by atoms with Crippen LogP contribution in [0.2, 0.25) is 5.02 Å². The molecule has 1 amide bonds. The van der Waals surface area contributed by atoms with Gasteiger partial charge in [-0.1, -0.05) is 41.0 Å². The van der Waals surface area contributed by atoms with Crippen LogP contribution in [-0.2, 0) is 11.4 Å². The number of hydrogen-bond donors (Lipinski definition) is 3. The quantitative estimate of drug-likeness (QED) is 0.199. The fourth-order valence-electron chi connectivity index (χ4n) is 4.78. The van der Waals surface area contributed by atoms with Crippen molar-refractivity contribution in [2.75, 3.05) is 10.6 Å². The molecule has 0 aliphatic heterocycles. The second-order valence-electron chi connectivity index (χ2n) is 9.73. The fraction of sp³-hybridized carbons (Fsp3) is 0.276. The molecule has 0 radical (unpaired) electrons. The number of hydrogen-bond acceptors (Lipinski definition) is 8. The Bertz CT molecular complexity index is 1450. The zero-order valence-electron chi connectivity index (χ0n) is 21.5. The number of ether oxygens (including phenoxy) is 1. The van der Waals surface area contributed by atoms with E-state index in [2.05, 4.69) is 25.8 Å².